The first-order chi connectivity index (χ1) is 7.46. The molecule has 0 heterocycles. The molecule has 0 aliphatic rings. The number of rotatable bonds is 4. The molecule has 3 nitrogen and oxygen atoms in total. The number of benzene rings is 1. The SMILES string of the molecule is CCOc1ccc(CN)cc1OC(F)(F)F. The Morgan fingerprint density at radius 2 is 1.94 bits per heavy atom. The van der Waals surface area contributed by atoms with Crippen LogP contribution < -0.4 is 15.2 Å². The van der Waals surface area contributed by atoms with Gasteiger partial charge in [0.15, 0.2) is 11.5 Å². The van der Waals surface area contributed by atoms with E-state index in [4.69, 9.17) is 10.5 Å². The Bertz CT molecular complexity index is 352. The van der Waals surface area contributed by atoms with Crippen LogP contribution in [0.1, 0.15) is 12.5 Å². The summed E-state index contributed by atoms with van der Waals surface area (Å²) in [6.45, 7) is 2.07. The van der Waals surface area contributed by atoms with Gasteiger partial charge in [-0.15, -0.1) is 13.2 Å². The van der Waals surface area contributed by atoms with Crippen molar-refractivity contribution in [1.29, 1.82) is 0 Å². The van der Waals surface area contributed by atoms with E-state index in [1.807, 2.05) is 0 Å². The number of alkyl halides is 3. The molecular formula is C10H12F3NO2. The summed E-state index contributed by atoms with van der Waals surface area (Å²) >= 11 is 0. The maximum atomic E-state index is 12.1. The van der Waals surface area contributed by atoms with Crippen LogP contribution in [0, 0.1) is 0 Å². The van der Waals surface area contributed by atoms with Gasteiger partial charge in [-0.2, -0.15) is 0 Å². The van der Waals surface area contributed by atoms with Crippen molar-refractivity contribution in [3.63, 3.8) is 0 Å². The summed E-state index contributed by atoms with van der Waals surface area (Å²) in [6.07, 6.45) is -4.74. The molecule has 1 aromatic rings. The van der Waals surface area contributed by atoms with Crippen molar-refractivity contribution < 1.29 is 22.6 Å². The van der Waals surface area contributed by atoms with Crippen molar-refractivity contribution in [2.45, 2.75) is 19.8 Å². The molecule has 0 saturated heterocycles. The second-order valence-corrected chi connectivity index (χ2v) is 2.97. The first-order valence-corrected chi connectivity index (χ1v) is 4.67. The normalized spacial score (nSPS) is 11.3. The fourth-order valence-electron chi connectivity index (χ4n) is 1.16. The highest BCUT2D eigenvalue weighted by atomic mass is 19.4. The molecule has 0 unspecified atom stereocenters. The maximum Gasteiger partial charge on any atom is 0.573 e. The minimum atomic E-state index is -4.74. The van der Waals surface area contributed by atoms with Crippen molar-refractivity contribution in [2.75, 3.05) is 6.61 Å². The second-order valence-electron chi connectivity index (χ2n) is 2.97. The molecule has 0 amide bonds. The molecule has 0 bridgehead atoms. The van der Waals surface area contributed by atoms with Gasteiger partial charge in [0.1, 0.15) is 0 Å². The molecule has 1 aromatic carbocycles. The van der Waals surface area contributed by atoms with Gasteiger partial charge in [0.25, 0.3) is 0 Å². The third kappa shape index (κ3) is 3.62. The Labute approximate surface area is 91.0 Å². The zero-order valence-electron chi connectivity index (χ0n) is 8.67. The number of nitrogens with two attached hydrogens (primary N) is 1. The van der Waals surface area contributed by atoms with Crippen molar-refractivity contribution in [1.82, 2.24) is 0 Å². The number of halogens is 3. The monoisotopic (exact) mass is 235 g/mol. The van der Waals surface area contributed by atoms with Crippen molar-refractivity contribution in [2.24, 2.45) is 5.73 Å². The predicted molar refractivity (Wildman–Crippen MR) is 52.2 cm³/mol. The molecule has 90 valence electrons. The van der Waals surface area contributed by atoms with Crippen LogP contribution in [0.3, 0.4) is 0 Å². The van der Waals surface area contributed by atoms with Crippen LogP contribution in [-0.2, 0) is 6.54 Å². The lowest BCUT2D eigenvalue weighted by atomic mass is 10.2. The lowest BCUT2D eigenvalue weighted by molar-refractivity contribution is -0.275. The first-order valence-electron chi connectivity index (χ1n) is 4.67. The molecule has 0 aromatic heterocycles. The van der Waals surface area contributed by atoms with Gasteiger partial charge in [-0.1, -0.05) is 6.07 Å². The third-order valence-electron chi connectivity index (χ3n) is 1.77. The van der Waals surface area contributed by atoms with Crippen LogP contribution in [0.15, 0.2) is 18.2 Å². The first kappa shape index (κ1) is 12.6. The molecule has 0 fully saturated rings. The molecule has 0 saturated carbocycles. The van der Waals surface area contributed by atoms with Gasteiger partial charge in [0.2, 0.25) is 0 Å². The fraction of sp³-hybridized carbons (Fsp3) is 0.400. The van der Waals surface area contributed by atoms with Gasteiger partial charge in [-0.25, -0.2) is 0 Å². The van der Waals surface area contributed by atoms with E-state index < -0.39 is 6.36 Å². The van der Waals surface area contributed by atoms with E-state index in [9.17, 15) is 13.2 Å². The topological polar surface area (TPSA) is 44.5 Å². The standard InChI is InChI=1S/C10H12F3NO2/c1-2-15-8-4-3-7(6-14)5-9(8)16-10(11,12)13/h3-5H,2,6,14H2,1H3. The van der Waals surface area contributed by atoms with E-state index in [1.54, 1.807) is 13.0 Å². The molecule has 16 heavy (non-hydrogen) atoms. The molecule has 0 radical (unpaired) electrons. The Kier molecular flexibility index (Phi) is 4.00. The predicted octanol–water partition coefficient (Wildman–Crippen LogP) is 2.44. The average Bonchev–Trinajstić information content (AvgIpc) is 2.18. The van der Waals surface area contributed by atoms with Crippen LogP contribution >= 0.6 is 0 Å². The Balaban J connectivity index is 3.00. The van der Waals surface area contributed by atoms with Gasteiger partial charge in [0.05, 0.1) is 6.61 Å². The van der Waals surface area contributed by atoms with E-state index in [-0.39, 0.29) is 24.7 Å². The molecule has 2 N–H and O–H groups in total. The van der Waals surface area contributed by atoms with Crippen molar-refractivity contribution in [3.05, 3.63) is 23.8 Å². The highest BCUT2D eigenvalue weighted by Crippen LogP contribution is 2.33. The summed E-state index contributed by atoms with van der Waals surface area (Å²) in [6, 6.07) is 4.22. The second kappa shape index (κ2) is 5.07. The van der Waals surface area contributed by atoms with E-state index in [2.05, 4.69) is 4.74 Å². The average molecular weight is 235 g/mol. The third-order valence-corrected chi connectivity index (χ3v) is 1.77. The molecule has 0 aliphatic heterocycles. The van der Waals surface area contributed by atoms with Gasteiger partial charge < -0.3 is 15.2 Å². The molecule has 1 rings (SSSR count). The zero-order chi connectivity index (χ0) is 12.2. The number of hydrogen-bond donors (Lipinski definition) is 1. The van der Waals surface area contributed by atoms with Gasteiger partial charge >= 0.3 is 6.36 Å². The summed E-state index contributed by atoms with van der Waals surface area (Å²) in [5.74, 6) is -0.311. The Morgan fingerprint density at radius 1 is 1.25 bits per heavy atom. The Hall–Kier alpha value is -1.43. The minimum absolute atomic E-state index is 0.0528. The molecule has 0 spiro atoms. The van der Waals surface area contributed by atoms with E-state index >= 15 is 0 Å². The van der Waals surface area contributed by atoms with Crippen LogP contribution in [0.5, 0.6) is 11.5 Å². The fourth-order valence-corrected chi connectivity index (χ4v) is 1.16. The summed E-state index contributed by atoms with van der Waals surface area (Å²) in [5, 5.41) is 0. The maximum absolute atomic E-state index is 12.1. The van der Waals surface area contributed by atoms with Crippen molar-refractivity contribution in [3.8, 4) is 11.5 Å². The summed E-state index contributed by atoms with van der Waals surface area (Å²) < 4.78 is 45.1. The number of hydrogen-bond acceptors (Lipinski definition) is 3. The van der Waals surface area contributed by atoms with Crippen LogP contribution in [-0.4, -0.2) is 13.0 Å². The minimum Gasteiger partial charge on any atom is -0.490 e. The summed E-state index contributed by atoms with van der Waals surface area (Å²) in [4.78, 5) is 0. The van der Waals surface area contributed by atoms with Gasteiger partial charge in [0, 0.05) is 6.54 Å². The summed E-state index contributed by atoms with van der Waals surface area (Å²) in [5.41, 5.74) is 5.87. The van der Waals surface area contributed by atoms with E-state index in [0.29, 0.717) is 5.56 Å². The lowest BCUT2D eigenvalue weighted by Gasteiger charge is -2.14. The highest BCUT2D eigenvalue weighted by Gasteiger charge is 2.32. The van der Waals surface area contributed by atoms with Gasteiger partial charge in [-0.3, -0.25) is 0 Å². The van der Waals surface area contributed by atoms with Gasteiger partial charge in [-0.05, 0) is 24.6 Å². The highest BCUT2D eigenvalue weighted by molar-refractivity contribution is 5.43. The molecular weight excluding hydrogens is 223 g/mol. The largest absolute Gasteiger partial charge is 0.573 e. The molecule has 0 aliphatic carbocycles. The quantitative estimate of drug-likeness (QED) is 0.871. The van der Waals surface area contributed by atoms with Crippen LogP contribution in [0.2, 0.25) is 0 Å². The Morgan fingerprint density at radius 3 is 2.44 bits per heavy atom. The van der Waals surface area contributed by atoms with E-state index in [1.165, 1.54) is 12.1 Å². The lowest BCUT2D eigenvalue weighted by Crippen LogP contribution is -2.18. The zero-order valence-corrected chi connectivity index (χ0v) is 8.67. The smallest absolute Gasteiger partial charge is 0.490 e. The summed E-state index contributed by atoms with van der Waals surface area (Å²) in [7, 11) is 0. The van der Waals surface area contributed by atoms with Crippen molar-refractivity contribution >= 4 is 0 Å². The molecule has 0 atom stereocenters. The van der Waals surface area contributed by atoms with Crippen LogP contribution in [0.25, 0.3) is 0 Å². The van der Waals surface area contributed by atoms with E-state index in [0.717, 1.165) is 0 Å². The van der Waals surface area contributed by atoms with Crippen LogP contribution in [0.4, 0.5) is 13.2 Å². The molecule has 6 heteroatoms. The number of ether oxygens (including phenoxy) is 2.